The van der Waals surface area contributed by atoms with E-state index < -0.39 is 10.0 Å². The average molecular weight is 316 g/mol. The van der Waals surface area contributed by atoms with Crippen molar-refractivity contribution in [3.05, 3.63) is 23.8 Å². The van der Waals surface area contributed by atoms with E-state index in [-0.39, 0.29) is 11.8 Å². The van der Waals surface area contributed by atoms with Crippen LogP contribution in [-0.2, 0) is 16.4 Å². The Bertz CT molecular complexity index is 546. The van der Waals surface area contributed by atoms with Gasteiger partial charge in [0.05, 0.1) is 20.0 Å². The third kappa shape index (κ3) is 5.91. The van der Waals surface area contributed by atoms with Crippen molar-refractivity contribution in [1.29, 1.82) is 0 Å². The molecule has 1 aromatic rings. The summed E-state index contributed by atoms with van der Waals surface area (Å²) in [6.07, 6.45) is 0.778. The van der Waals surface area contributed by atoms with Gasteiger partial charge in [-0.2, -0.15) is 0 Å². The molecule has 1 aromatic carbocycles. The first kappa shape index (κ1) is 17.7. The highest BCUT2D eigenvalue weighted by molar-refractivity contribution is 7.89. The fourth-order valence-corrected chi connectivity index (χ4v) is 2.57. The lowest BCUT2D eigenvalue weighted by molar-refractivity contribution is 0.354. The zero-order valence-corrected chi connectivity index (χ0v) is 13.8. The van der Waals surface area contributed by atoms with Crippen molar-refractivity contribution in [2.45, 2.75) is 19.4 Å². The summed E-state index contributed by atoms with van der Waals surface area (Å²) in [5.74, 6) is 1.46. The monoisotopic (exact) mass is 316 g/mol. The molecule has 0 saturated carbocycles. The fraction of sp³-hybridized carbons (Fsp3) is 0.571. The molecular weight excluding hydrogens is 292 g/mol. The van der Waals surface area contributed by atoms with Gasteiger partial charge in [0.15, 0.2) is 11.5 Å². The SMILES string of the molecule is CNS(=O)(=O)CCNC(C)Cc1ccc(OC)c(OC)c1. The highest BCUT2D eigenvalue weighted by Gasteiger charge is 2.10. The summed E-state index contributed by atoms with van der Waals surface area (Å²) in [7, 11) is 1.47. The zero-order valence-electron chi connectivity index (χ0n) is 13.0. The first-order valence-electron chi connectivity index (χ1n) is 6.77. The Morgan fingerprint density at radius 3 is 2.43 bits per heavy atom. The Morgan fingerprint density at radius 1 is 1.19 bits per heavy atom. The smallest absolute Gasteiger partial charge is 0.212 e. The molecule has 1 unspecified atom stereocenters. The van der Waals surface area contributed by atoms with E-state index in [0.717, 1.165) is 12.0 Å². The Balaban J connectivity index is 2.53. The van der Waals surface area contributed by atoms with E-state index >= 15 is 0 Å². The minimum atomic E-state index is -3.16. The van der Waals surface area contributed by atoms with Gasteiger partial charge in [-0.1, -0.05) is 6.07 Å². The third-order valence-corrected chi connectivity index (χ3v) is 4.53. The quantitative estimate of drug-likeness (QED) is 0.704. The van der Waals surface area contributed by atoms with Crippen molar-refractivity contribution >= 4 is 10.0 Å². The Kier molecular flexibility index (Phi) is 6.94. The van der Waals surface area contributed by atoms with Crippen LogP contribution in [0.15, 0.2) is 18.2 Å². The second kappa shape index (κ2) is 8.21. The van der Waals surface area contributed by atoms with Gasteiger partial charge in [0, 0.05) is 12.6 Å². The average Bonchev–Trinajstić information content (AvgIpc) is 2.46. The number of sulfonamides is 1. The first-order valence-corrected chi connectivity index (χ1v) is 8.42. The van der Waals surface area contributed by atoms with Crippen LogP contribution < -0.4 is 19.5 Å². The molecule has 6 nitrogen and oxygen atoms in total. The molecule has 0 saturated heterocycles. The fourth-order valence-electron chi connectivity index (χ4n) is 1.98. The third-order valence-electron chi connectivity index (χ3n) is 3.16. The highest BCUT2D eigenvalue weighted by Crippen LogP contribution is 2.27. The van der Waals surface area contributed by atoms with Gasteiger partial charge >= 0.3 is 0 Å². The largest absolute Gasteiger partial charge is 0.493 e. The van der Waals surface area contributed by atoms with Crippen LogP contribution in [0.25, 0.3) is 0 Å². The number of ether oxygens (including phenoxy) is 2. The molecule has 0 aliphatic rings. The molecule has 120 valence electrons. The minimum Gasteiger partial charge on any atom is -0.493 e. The Hall–Kier alpha value is -1.31. The second-order valence-corrected chi connectivity index (χ2v) is 6.82. The Labute approximate surface area is 126 Å². The maximum absolute atomic E-state index is 11.3. The lowest BCUT2D eigenvalue weighted by atomic mass is 10.1. The summed E-state index contributed by atoms with van der Waals surface area (Å²) >= 11 is 0. The lowest BCUT2D eigenvalue weighted by Gasteiger charge is -2.15. The number of nitrogens with one attached hydrogen (secondary N) is 2. The van der Waals surface area contributed by atoms with Crippen LogP contribution in [0.4, 0.5) is 0 Å². The molecule has 0 radical (unpaired) electrons. The van der Waals surface area contributed by atoms with Crippen LogP contribution in [0.1, 0.15) is 12.5 Å². The van der Waals surface area contributed by atoms with E-state index in [9.17, 15) is 8.42 Å². The molecule has 0 amide bonds. The molecule has 0 bridgehead atoms. The van der Waals surface area contributed by atoms with E-state index in [1.807, 2.05) is 25.1 Å². The molecule has 1 rings (SSSR count). The lowest BCUT2D eigenvalue weighted by Crippen LogP contribution is -2.35. The van der Waals surface area contributed by atoms with Crippen molar-refractivity contribution in [2.24, 2.45) is 0 Å². The molecule has 0 spiro atoms. The van der Waals surface area contributed by atoms with Gasteiger partial charge < -0.3 is 14.8 Å². The van der Waals surface area contributed by atoms with Gasteiger partial charge in [0.25, 0.3) is 0 Å². The van der Waals surface area contributed by atoms with E-state index in [0.29, 0.717) is 18.0 Å². The summed E-state index contributed by atoms with van der Waals surface area (Å²) in [5, 5.41) is 3.20. The second-order valence-electron chi connectivity index (χ2n) is 4.77. The molecular formula is C14H24N2O4S. The van der Waals surface area contributed by atoms with E-state index in [2.05, 4.69) is 10.0 Å². The number of methoxy groups -OCH3 is 2. The van der Waals surface area contributed by atoms with Gasteiger partial charge in [-0.25, -0.2) is 13.1 Å². The summed E-state index contributed by atoms with van der Waals surface area (Å²) in [6.45, 7) is 2.43. The number of hydrogen-bond acceptors (Lipinski definition) is 5. The Morgan fingerprint density at radius 2 is 1.86 bits per heavy atom. The summed E-state index contributed by atoms with van der Waals surface area (Å²) in [4.78, 5) is 0. The number of benzene rings is 1. The maximum atomic E-state index is 11.3. The standard InChI is InChI=1S/C14H24N2O4S/c1-11(16-7-8-21(17,18)15-2)9-12-5-6-13(19-3)14(10-12)20-4/h5-6,10-11,15-16H,7-9H2,1-4H3. The van der Waals surface area contributed by atoms with Crippen LogP contribution in [0.5, 0.6) is 11.5 Å². The molecule has 21 heavy (non-hydrogen) atoms. The van der Waals surface area contributed by atoms with Crippen molar-refractivity contribution in [3.8, 4) is 11.5 Å². The molecule has 7 heteroatoms. The molecule has 0 aliphatic heterocycles. The van der Waals surface area contributed by atoms with Crippen LogP contribution >= 0.6 is 0 Å². The number of rotatable bonds is 9. The summed E-state index contributed by atoms with van der Waals surface area (Å²) in [5.41, 5.74) is 1.10. The van der Waals surface area contributed by atoms with E-state index in [1.165, 1.54) is 7.05 Å². The first-order chi connectivity index (χ1) is 9.91. The molecule has 0 aromatic heterocycles. The van der Waals surface area contributed by atoms with E-state index in [1.54, 1.807) is 14.2 Å². The molecule has 2 N–H and O–H groups in total. The van der Waals surface area contributed by atoms with Crippen LogP contribution in [0.2, 0.25) is 0 Å². The van der Waals surface area contributed by atoms with Crippen molar-refractivity contribution in [2.75, 3.05) is 33.6 Å². The highest BCUT2D eigenvalue weighted by atomic mass is 32.2. The molecule has 0 fully saturated rings. The van der Waals surface area contributed by atoms with Gasteiger partial charge in [-0.15, -0.1) is 0 Å². The number of hydrogen-bond donors (Lipinski definition) is 2. The topological polar surface area (TPSA) is 76.7 Å². The van der Waals surface area contributed by atoms with Gasteiger partial charge in [-0.05, 0) is 38.1 Å². The normalized spacial score (nSPS) is 13.0. The summed E-state index contributed by atoms with van der Waals surface area (Å²) < 4.78 is 35.4. The molecule has 0 aliphatic carbocycles. The molecule has 0 heterocycles. The van der Waals surface area contributed by atoms with Crippen molar-refractivity contribution in [1.82, 2.24) is 10.0 Å². The van der Waals surface area contributed by atoms with Gasteiger partial charge in [0.2, 0.25) is 10.0 Å². The maximum Gasteiger partial charge on any atom is 0.212 e. The molecule has 1 atom stereocenters. The van der Waals surface area contributed by atoms with Crippen LogP contribution in [0, 0.1) is 0 Å². The predicted octanol–water partition coefficient (Wildman–Crippen LogP) is 0.774. The van der Waals surface area contributed by atoms with Crippen LogP contribution in [0.3, 0.4) is 0 Å². The van der Waals surface area contributed by atoms with E-state index in [4.69, 9.17) is 9.47 Å². The van der Waals surface area contributed by atoms with Crippen molar-refractivity contribution < 1.29 is 17.9 Å². The zero-order chi connectivity index (χ0) is 15.9. The van der Waals surface area contributed by atoms with Crippen molar-refractivity contribution in [3.63, 3.8) is 0 Å². The summed E-state index contributed by atoms with van der Waals surface area (Å²) in [6, 6.07) is 5.94. The van der Waals surface area contributed by atoms with Gasteiger partial charge in [-0.3, -0.25) is 0 Å². The van der Waals surface area contributed by atoms with Crippen LogP contribution in [-0.4, -0.2) is 48.0 Å². The predicted molar refractivity (Wildman–Crippen MR) is 83.6 cm³/mol. The van der Waals surface area contributed by atoms with Gasteiger partial charge in [0.1, 0.15) is 0 Å². The minimum absolute atomic E-state index is 0.0692.